The highest BCUT2D eigenvalue weighted by Gasteiger charge is 2.35. The summed E-state index contributed by atoms with van der Waals surface area (Å²) < 4.78 is 73.8. The van der Waals surface area contributed by atoms with E-state index in [1.165, 1.54) is 0 Å². The van der Waals surface area contributed by atoms with Crippen molar-refractivity contribution in [1.82, 2.24) is 0 Å². The smallest absolute Gasteiger partial charge is 0.170 e. The number of rotatable bonds is 14. The average Bonchev–Trinajstić information content (AvgIpc) is 4.33. The monoisotopic (exact) mass is 1030 g/mol. The molecule has 0 N–H and O–H groups in total. The molecule has 2 unspecified atom stereocenters. The highest BCUT2D eigenvalue weighted by molar-refractivity contribution is 6.52. The van der Waals surface area contributed by atoms with Crippen LogP contribution in [0, 0.1) is 0 Å². The predicted octanol–water partition coefficient (Wildman–Crippen LogP) is 18.2. The minimum absolute atomic E-state index is 0.397. The minimum Gasteiger partial charge on any atom is -0.461 e. The van der Waals surface area contributed by atoms with E-state index in [4.69, 9.17) is 63.0 Å². The van der Waals surface area contributed by atoms with E-state index < -0.39 is 12.1 Å². The maximum Gasteiger partial charge on any atom is 0.170 e. The summed E-state index contributed by atoms with van der Waals surface area (Å²) in [6.07, 6.45) is 3.20. The Morgan fingerprint density at radius 3 is 0.615 bits per heavy atom. The molecule has 14 aromatic rings. The van der Waals surface area contributed by atoms with Crippen molar-refractivity contribution >= 4 is 11.4 Å². The molecule has 0 saturated heterocycles. The van der Waals surface area contributed by atoms with Gasteiger partial charge in [-0.25, -0.2) is 0 Å². The maximum atomic E-state index is 6.65. The summed E-state index contributed by atoms with van der Waals surface area (Å²) in [5.41, 5.74) is 2.99. The number of hydrogen-bond donors (Lipinski definition) is 0. The van der Waals surface area contributed by atoms with Crippen LogP contribution in [0.5, 0.6) is 0 Å². The van der Waals surface area contributed by atoms with Gasteiger partial charge in [0.15, 0.2) is 127 Å². The number of nitrogens with zero attached hydrogens (tertiary/aromatic N) is 2. The van der Waals surface area contributed by atoms with Crippen molar-refractivity contribution in [3.8, 4) is 115 Å². The van der Waals surface area contributed by atoms with Gasteiger partial charge in [0.1, 0.15) is 23.5 Å². The Morgan fingerprint density at radius 1 is 0.192 bits per heavy atom. The summed E-state index contributed by atoms with van der Waals surface area (Å²) in [4.78, 5) is 10.9. The van der Waals surface area contributed by atoms with E-state index in [9.17, 15) is 0 Å². The van der Waals surface area contributed by atoms with Crippen LogP contribution in [0.3, 0.4) is 0 Å². The van der Waals surface area contributed by atoms with Crippen molar-refractivity contribution in [2.24, 2.45) is 9.98 Å². The molecule has 376 valence electrons. The molecule has 13 heterocycles. The topological polar surface area (TPSA) is 182 Å². The zero-order chi connectivity index (χ0) is 51.5. The summed E-state index contributed by atoms with van der Waals surface area (Å²) in [6.45, 7) is 0. The second-order valence-electron chi connectivity index (χ2n) is 18.3. The van der Waals surface area contributed by atoms with Crippen LogP contribution in [0.1, 0.15) is 34.7 Å². The SMILES string of the molecule is c1ccc(C2N=C(c3ccc(-c4ccc(-c5ccc(-c6ccc(-c7ccc(-c8ccco8)o7)o6)o5)o4)o3)C(c3ccc(-c4ccc(-c5ccc(-c6ccc(-c7ccc(-c8ccco8)o7)o6)o5)o4)o3)=NC2c2ccccc2)cc1. The number of benzene rings is 2. The van der Waals surface area contributed by atoms with Gasteiger partial charge in [0.25, 0.3) is 0 Å². The normalized spacial score (nSPS) is 14.6. The lowest BCUT2D eigenvalue weighted by molar-refractivity contribution is 0.492. The molecule has 0 bridgehead atoms. The lowest BCUT2D eigenvalue weighted by atomic mass is 9.91. The molecule has 2 aromatic carbocycles. The molecule has 12 aromatic heterocycles. The Labute approximate surface area is 441 Å². The van der Waals surface area contributed by atoms with Crippen LogP contribution >= 0.6 is 0 Å². The second kappa shape index (κ2) is 18.5. The molecule has 78 heavy (non-hydrogen) atoms. The molecular weight excluding hydrogens is 989 g/mol. The minimum atomic E-state index is -0.397. The van der Waals surface area contributed by atoms with E-state index in [0.717, 1.165) is 11.1 Å². The summed E-state index contributed by atoms with van der Waals surface area (Å²) in [5, 5.41) is 0. The summed E-state index contributed by atoms with van der Waals surface area (Å²) in [7, 11) is 0. The van der Waals surface area contributed by atoms with E-state index >= 15 is 0 Å². The quantitative estimate of drug-likeness (QED) is 0.101. The van der Waals surface area contributed by atoms with E-state index in [1.54, 1.807) is 12.5 Å². The van der Waals surface area contributed by atoms with E-state index in [1.807, 2.05) is 182 Å². The highest BCUT2D eigenvalue weighted by atomic mass is 16.4. The molecule has 14 heteroatoms. The summed E-state index contributed by atoms with van der Waals surface area (Å²) in [6, 6.07) is 63.5. The molecule has 1 aliphatic rings. The van der Waals surface area contributed by atoms with Gasteiger partial charge in [-0.1, -0.05) is 60.7 Å². The fourth-order valence-corrected chi connectivity index (χ4v) is 9.57. The standard InChI is InChI=1S/C64H38N2O12/c1-3-9-37(10-4-1)61-62(38-11-5-2-6-12-38)66-64(60-34-32-58(78-60)56-30-28-54(76-56)52-26-24-50(74-52)48-22-20-46(72-48)44-18-16-42(70-44)40-14-8-36-68-40)63(65-61)59-33-31-57(77-59)55-29-27-53(75-55)51-25-23-49(73-51)47-21-19-45(71-47)43-17-15-41(69-43)39-13-7-35-67-39/h1-36,61-62H. The highest BCUT2D eigenvalue weighted by Crippen LogP contribution is 2.43. The second-order valence-corrected chi connectivity index (χ2v) is 18.3. The summed E-state index contributed by atoms with van der Waals surface area (Å²) >= 11 is 0. The van der Waals surface area contributed by atoms with Crippen LogP contribution in [0.4, 0.5) is 0 Å². The molecule has 0 amide bonds. The van der Waals surface area contributed by atoms with Gasteiger partial charge in [-0.15, -0.1) is 0 Å². The molecule has 15 rings (SSSR count). The number of aliphatic imine (C=N–C) groups is 2. The van der Waals surface area contributed by atoms with Crippen molar-refractivity contribution in [1.29, 1.82) is 0 Å². The Bertz CT molecular complexity index is 4130. The van der Waals surface area contributed by atoms with Crippen LogP contribution in [0.15, 0.2) is 282 Å². The van der Waals surface area contributed by atoms with Gasteiger partial charge >= 0.3 is 0 Å². The van der Waals surface area contributed by atoms with Crippen LogP contribution < -0.4 is 0 Å². The molecule has 0 fully saturated rings. The first-order valence-corrected chi connectivity index (χ1v) is 24.9. The first-order chi connectivity index (χ1) is 38.6. The molecular formula is C64H38N2O12. The van der Waals surface area contributed by atoms with Gasteiger partial charge in [0.2, 0.25) is 0 Å². The van der Waals surface area contributed by atoms with Crippen molar-refractivity contribution in [2.75, 3.05) is 0 Å². The predicted molar refractivity (Wildman–Crippen MR) is 286 cm³/mol. The third-order valence-corrected chi connectivity index (χ3v) is 13.3. The van der Waals surface area contributed by atoms with Gasteiger partial charge in [0.05, 0.1) is 12.5 Å². The van der Waals surface area contributed by atoms with Crippen molar-refractivity contribution in [3.05, 3.63) is 241 Å². The van der Waals surface area contributed by atoms with Gasteiger partial charge in [0, 0.05) is 0 Å². The van der Waals surface area contributed by atoms with Crippen LogP contribution in [-0.4, -0.2) is 11.4 Å². The van der Waals surface area contributed by atoms with E-state index in [0.29, 0.717) is 138 Å². The largest absolute Gasteiger partial charge is 0.461 e. The molecule has 2 atom stereocenters. The lowest BCUT2D eigenvalue weighted by Crippen LogP contribution is -2.26. The maximum absolute atomic E-state index is 6.65. The first-order valence-electron chi connectivity index (χ1n) is 24.9. The average molecular weight is 1030 g/mol. The first kappa shape index (κ1) is 44.6. The molecule has 0 spiro atoms. The molecule has 0 saturated carbocycles. The van der Waals surface area contributed by atoms with Crippen molar-refractivity contribution in [2.45, 2.75) is 12.1 Å². The van der Waals surface area contributed by atoms with E-state index in [2.05, 4.69) is 24.3 Å². The Morgan fingerprint density at radius 2 is 0.397 bits per heavy atom. The van der Waals surface area contributed by atoms with E-state index in [-0.39, 0.29) is 0 Å². The van der Waals surface area contributed by atoms with Gasteiger partial charge < -0.3 is 53.0 Å². The van der Waals surface area contributed by atoms with Crippen LogP contribution in [0.2, 0.25) is 0 Å². The lowest BCUT2D eigenvalue weighted by Gasteiger charge is -2.27. The summed E-state index contributed by atoms with van der Waals surface area (Å²) in [5.74, 6) is 11.6. The number of hydrogen-bond acceptors (Lipinski definition) is 14. The van der Waals surface area contributed by atoms with Crippen LogP contribution in [-0.2, 0) is 0 Å². The van der Waals surface area contributed by atoms with Crippen molar-refractivity contribution < 1.29 is 53.0 Å². The molecule has 0 aliphatic carbocycles. The third-order valence-electron chi connectivity index (χ3n) is 13.3. The Kier molecular flexibility index (Phi) is 10.6. The Hall–Kier alpha value is -10.9. The molecule has 0 radical (unpaired) electrons. The third kappa shape index (κ3) is 8.17. The fourth-order valence-electron chi connectivity index (χ4n) is 9.57. The van der Waals surface area contributed by atoms with Gasteiger partial charge in [-0.3, -0.25) is 9.98 Å². The Balaban J connectivity index is 0.705. The fraction of sp³-hybridized carbons (Fsp3) is 0.0312. The van der Waals surface area contributed by atoms with Crippen LogP contribution in [0.25, 0.3) is 115 Å². The van der Waals surface area contributed by atoms with Gasteiger partial charge in [-0.05, 0) is 157 Å². The van der Waals surface area contributed by atoms with Crippen molar-refractivity contribution in [3.63, 3.8) is 0 Å². The van der Waals surface area contributed by atoms with Gasteiger partial charge in [-0.2, -0.15) is 0 Å². The zero-order valence-corrected chi connectivity index (χ0v) is 40.7. The zero-order valence-electron chi connectivity index (χ0n) is 40.7. The molecule has 14 nitrogen and oxygen atoms in total. The molecule has 1 aliphatic heterocycles. The number of furan rings is 12.